The Bertz CT molecular complexity index is 676. The fourth-order valence-corrected chi connectivity index (χ4v) is 2.31. The number of carbonyl (C=O) groups is 2. The number of aliphatic carboxylic acids is 1. The molecule has 1 saturated carbocycles. The van der Waals surface area contributed by atoms with Gasteiger partial charge in [0.15, 0.2) is 0 Å². The quantitative estimate of drug-likeness (QED) is 0.855. The van der Waals surface area contributed by atoms with Crippen LogP contribution in [0.1, 0.15) is 53.0 Å². The van der Waals surface area contributed by atoms with Gasteiger partial charge in [-0.3, -0.25) is 9.59 Å². The normalized spacial score (nSPS) is 15.3. The minimum atomic E-state index is -0.981. The zero-order valence-corrected chi connectivity index (χ0v) is 11.9. The van der Waals surface area contributed by atoms with Gasteiger partial charge in [-0.25, -0.2) is 0 Å². The van der Waals surface area contributed by atoms with E-state index in [4.69, 9.17) is 9.63 Å². The summed E-state index contributed by atoms with van der Waals surface area (Å²) >= 11 is 0. The molecule has 0 radical (unpaired) electrons. The fourth-order valence-electron chi connectivity index (χ4n) is 2.31. The van der Waals surface area contributed by atoms with Crippen LogP contribution in [0.4, 0.5) is 0 Å². The lowest BCUT2D eigenvalue weighted by Gasteiger charge is -2.16. The van der Waals surface area contributed by atoms with Gasteiger partial charge in [0.25, 0.3) is 5.91 Å². The number of hydrogen-bond donors (Lipinski definition) is 2. The first-order chi connectivity index (χ1) is 10.6. The van der Waals surface area contributed by atoms with Gasteiger partial charge in [-0.05, 0) is 18.4 Å². The van der Waals surface area contributed by atoms with Gasteiger partial charge in [-0.1, -0.05) is 35.5 Å². The first kappa shape index (κ1) is 14.3. The number of hydrogen-bond acceptors (Lipinski definition) is 4. The number of carboxylic acid groups (broad SMARTS) is 1. The highest BCUT2D eigenvalue weighted by Crippen LogP contribution is 2.39. The second-order valence-corrected chi connectivity index (χ2v) is 5.42. The zero-order chi connectivity index (χ0) is 15.5. The Labute approximate surface area is 127 Å². The van der Waals surface area contributed by atoms with E-state index in [9.17, 15) is 9.59 Å². The van der Waals surface area contributed by atoms with Crippen LogP contribution in [-0.4, -0.2) is 22.1 Å². The van der Waals surface area contributed by atoms with Gasteiger partial charge in [0.1, 0.15) is 0 Å². The summed E-state index contributed by atoms with van der Waals surface area (Å²) in [4.78, 5) is 23.2. The molecule has 0 saturated heterocycles. The van der Waals surface area contributed by atoms with Crippen LogP contribution in [0.2, 0.25) is 0 Å². The van der Waals surface area contributed by atoms with Crippen molar-refractivity contribution in [2.24, 2.45) is 0 Å². The van der Waals surface area contributed by atoms with E-state index in [1.165, 1.54) is 0 Å². The van der Waals surface area contributed by atoms with Crippen molar-refractivity contribution in [3.05, 3.63) is 53.4 Å². The van der Waals surface area contributed by atoms with E-state index in [-0.39, 0.29) is 12.2 Å². The van der Waals surface area contributed by atoms with Crippen LogP contribution in [0, 0.1) is 0 Å². The molecule has 1 atom stereocenters. The lowest BCUT2D eigenvalue weighted by molar-refractivity contribution is -0.137. The molecule has 1 amide bonds. The molecule has 1 unspecified atom stereocenters. The van der Waals surface area contributed by atoms with Crippen molar-refractivity contribution in [3.8, 4) is 0 Å². The first-order valence-electron chi connectivity index (χ1n) is 7.17. The monoisotopic (exact) mass is 300 g/mol. The Kier molecular flexibility index (Phi) is 3.91. The first-order valence-corrected chi connectivity index (χ1v) is 7.17. The minimum Gasteiger partial charge on any atom is -0.481 e. The predicted molar refractivity (Wildman–Crippen MR) is 77.4 cm³/mol. The lowest BCUT2D eigenvalue weighted by atomic mass is 10.0. The Morgan fingerprint density at radius 3 is 2.68 bits per heavy atom. The molecule has 1 aromatic carbocycles. The molecule has 2 aromatic rings. The summed E-state index contributed by atoms with van der Waals surface area (Å²) in [6.07, 6.45) is 1.94. The van der Waals surface area contributed by atoms with Crippen LogP contribution >= 0.6 is 0 Å². The molecule has 6 nitrogen and oxygen atoms in total. The molecule has 6 heteroatoms. The average Bonchev–Trinajstić information content (AvgIpc) is 3.24. The van der Waals surface area contributed by atoms with Gasteiger partial charge in [-0.2, -0.15) is 0 Å². The largest absolute Gasteiger partial charge is 0.481 e. The molecule has 0 spiro atoms. The Morgan fingerprint density at radius 1 is 1.32 bits per heavy atom. The third-order valence-electron chi connectivity index (χ3n) is 3.63. The SMILES string of the molecule is O=C(O)CC(NC(=O)c1cc(C2CC2)no1)c1ccccc1. The smallest absolute Gasteiger partial charge is 0.305 e. The maximum atomic E-state index is 12.2. The van der Waals surface area contributed by atoms with Crippen molar-refractivity contribution in [1.29, 1.82) is 0 Å². The van der Waals surface area contributed by atoms with E-state index in [2.05, 4.69) is 10.5 Å². The number of benzene rings is 1. The molecule has 1 aliphatic carbocycles. The van der Waals surface area contributed by atoms with Gasteiger partial charge >= 0.3 is 5.97 Å². The zero-order valence-electron chi connectivity index (χ0n) is 11.9. The molecule has 1 heterocycles. The van der Waals surface area contributed by atoms with Crippen molar-refractivity contribution in [2.75, 3.05) is 0 Å². The highest BCUT2D eigenvalue weighted by atomic mass is 16.5. The van der Waals surface area contributed by atoms with Crippen molar-refractivity contribution in [2.45, 2.75) is 31.2 Å². The summed E-state index contributed by atoms with van der Waals surface area (Å²) in [7, 11) is 0. The standard InChI is InChI=1S/C16H16N2O4/c19-15(20)9-12(10-4-2-1-3-5-10)17-16(21)14-8-13(18-22-14)11-6-7-11/h1-5,8,11-12H,6-7,9H2,(H,17,21)(H,19,20). The molecule has 22 heavy (non-hydrogen) atoms. The number of amides is 1. The Hall–Kier alpha value is -2.63. The molecular weight excluding hydrogens is 284 g/mol. The third kappa shape index (κ3) is 3.33. The average molecular weight is 300 g/mol. The van der Waals surface area contributed by atoms with Crippen LogP contribution in [0.3, 0.4) is 0 Å². The molecule has 0 bridgehead atoms. The van der Waals surface area contributed by atoms with Gasteiger partial charge in [-0.15, -0.1) is 0 Å². The topological polar surface area (TPSA) is 92.4 Å². The maximum absolute atomic E-state index is 12.2. The van der Waals surface area contributed by atoms with E-state index >= 15 is 0 Å². The second kappa shape index (κ2) is 6.01. The van der Waals surface area contributed by atoms with Crippen molar-refractivity contribution in [1.82, 2.24) is 10.5 Å². The molecule has 114 valence electrons. The summed E-state index contributed by atoms with van der Waals surface area (Å²) in [5, 5.41) is 15.6. The number of rotatable bonds is 6. The fraction of sp³-hybridized carbons (Fsp3) is 0.312. The highest BCUT2D eigenvalue weighted by molar-refractivity contribution is 5.92. The second-order valence-electron chi connectivity index (χ2n) is 5.42. The lowest BCUT2D eigenvalue weighted by Crippen LogP contribution is -2.29. The van der Waals surface area contributed by atoms with E-state index in [0.717, 1.165) is 24.1 Å². The number of nitrogens with one attached hydrogen (secondary N) is 1. The van der Waals surface area contributed by atoms with Gasteiger partial charge < -0.3 is 14.9 Å². The molecule has 1 fully saturated rings. The molecular formula is C16H16N2O4. The van der Waals surface area contributed by atoms with Crippen molar-refractivity contribution in [3.63, 3.8) is 0 Å². The molecule has 0 aliphatic heterocycles. The molecule has 3 rings (SSSR count). The van der Waals surface area contributed by atoms with Crippen molar-refractivity contribution < 1.29 is 19.2 Å². The van der Waals surface area contributed by atoms with E-state index in [0.29, 0.717) is 5.92 Å². The van der Waals surface area contributed by atoms with Crippen LogP contribution in [0.15, 0.2) is 40.9 Å². The number of nitrogens with zero attached hydrogens (tertiary/aromatic N) is 1. The summed E-state index contributed by atoms with van der Waals surface area (Å²) in [6.45, 7) is 0. The van der Waals surface area contributed by atoms with E-state index in [1.807, 2.05) is 6.07 Å². The minimum absolute atomic E-state index is 0.119. The number of aromatic nitrogens is 1. The summed E-state index contributed by atoms with van der Waals surface area (Å²) in [5.74, 6) is -0.914. The van der Waals surface area contributed by atoms with Gasteiger partial charge in [0, 0.05) is 12.0 Å². The summed E-state index contributed by atoms with van der Waals surface area (Å²) in [6, 6.07) is 10.0. The molecule has 2 N–H and O–H groups in total. The van der Waals surface area contributed by atoms with E-state index in [1.54, 1.807) is 30.3 Å². The molecule has 1 aliphatic rings. The number of carboxylic acids is 1. The van der Waals surface area contributed by atoms with Gasteiger partial charge in [0.2, 0.25) is 5.76 Å². The maximum Gasteiger partial charge on any atom is 0.305 e. The van der Waals surface area contributed by atoms with Crippen LogP contribution in [-0.2, 0) is 4.79 Å². The third-order valence-corrected chi connectivity index (χ3v) is 3.63. The Balaban J connectivity index is 1.73. The predicted octanol–water partition coefficient (Wildman–Crippen LogP) is 2.50. The van der Waals surface area contributed by atoms with Crippen LogP contribution < -0.4 is 5.32 Å². The number of carbonyl (C=O) groups excluding carboxylic acids is 1. The molecule has 1 aromatic heterocycles. The van der Waals surface area contributed by atoms with E-state index < -0.39 is 17.9 Å². The Morgan fingerprint density at radius 2 is 2.05 bits per heavy atom. The van der Waals surface area contributed by atoms with Crippen LogP contribution in [0.25, 0.3) is 0 Å². The highest BCUT2D eigenvalue weighted by Gasteiger charge is 2.29. The summed E-state index contributed by atoms with van der Waals surface area (Å²) < 4.78 is 5.06. The van der Waals surface area contributed by atoms with Crippen molar-refractivity contribution >= 4 is 11.9 Å². The summed E-state index contributed by atoms with van der Waals surface area (Å²) in [5.41, 5.74) is 1.53. The van der Waals surface area contributed by atoms with Gasteiger partial charge in [0.05, 0.1) is 18.2 Å². The van der Waals surface area contributed by atoms with Crippen LogP contribution in [0.5, 0.6) is 0 Å².